The van der Waals surface area contributed by atoms with E-state index >= 15 is 0 Å². The zero-order valence-corrected chi connectivity index (χ0v) is 8.64. The predicted octanol–water partition coefficient (Wildman–Crippen LogP) is 3.09. The Bertz CT molecular complexity index is 265. The highest BCUT2D eigenvalue weighted by Crippen LogP contribution is 2.55. The van der Waals surface area contributed by atoms with Crippen LogP contribution in [0.4, 0.5) is 17.6 Å². The van der Waals surface area contributed by atoms with Gasteiger partial charge in [-0.25, -0.2) is 4.39 Å². The first kappa shape index (κ1) is 11.2. The maximum atomic E-state index is 13.8. The number of alkyl halides is 4. The summed E-state index contributed by atoms with van der Waals surface area (Å²) in [4.78, 5) is 0. The number of hydrogen-bond donors (Lipinski definition) is 0. The number of epoxide rings is 1. The van der Waals surface area contributed by atoms with Gasteiger partial charge in [-0.1, -0.05) is 6.92 Å². The smallest absolute Gasteiger partial charge is 0.370 e. The van der Waals surface area contributed by atoms with E-state index < -0.39 is 24.2 Å². The summed E-state index contributed by atoms with van der Waals surface area (Å²) < 4.78 is 56.5. The van der Waals surface area contributed by atoms with Crippen LogP contribution in [-0.4, -0.2) is 24.1 Å². The summed E-state index contributed by atoms with van der Waals surface area (Å²) in [5, 5.41) is 0. The molecule has 0 aromatic carbocycles. The van der Waals surface area contributed by atoms with Gasteiger partial charge < -0.3 is 4.74 Å². The lowest BCUT2D eigenvalue weighted by molar-refractivity contribution is -0.241. The molecule has 1 saturated heterocycles. The minimum absolute atomic E-state index is 0.00205. The van der Waals surface area contributed by atoms with Crippen LogP contribution < -0.4 is 0 Å². The second kappa shape index (κ2) is 3.09. The summed E-state index contributed by atoms with van der Waals surface area (Å²) in [5.74, 6) is -1.24. The molecule has 0 bridgehead atoms. The summed E-state index contributed by atoms with van der Waals surface area (Å²) in [6.07, 6.45) is -5.08. The van der Waals surface area contributed by atoms with Crippen molar-refractivity contribution < 1.29 is 22.3 Å². The maximum Gasteiger partial charge on any atom is 0.422 e. The molecule has 0 aromatic heterocycles. The topological polar surface area (TPSA) is 12.5 Å². The number of rotatable bonds is 1. The van der Waals surface area contributed by atoms with Crippen LogP contribution >= 0.6 is 0 Å². The Morgan fingerprint density at radius 1 is 1.27 bits per heavy atom. The molecule has 88 valence electrons. The van der Waals surface area contributed by atoms with Crippen molar-refractivity contribution in [3.8, 4) is 0 Å². The highest BCUT2D eigenvalue weighted by Gasteiger charge is 2.65. The van der Waals surface area contributed by atoms with Crippen molar-refractivity contribution in [1.82, 2.24) is 0 Å². The highest BCUT2D eigenvalue weighted by atomic mass is 19.4. The second-order valence-electron chi connectivity index (χ2n) is 4.77. The molecule has 15 heavy (non-hydrogen) atoms. The van der Waals surface area contributed by atoms with Crippen LogP contribution in [-0.2, 0) is 4.74 Å². The fourth-order valence-electron chi connectivity index (χ4n) is 2.65. The van der Waals surface area contributed by atoms with Crippen molar-refractivity contribution in [2.45, 2.75) is 50.7 Å². The average Bonchev–Trinajstić information content (AvgIpc) is 2.70. The van der Waals surface area contributed by atoms with Crippen LogP contribution in [0.15, 0.2) is 0 Å². The quantitative estimate of drug-likeness (QED) is 0.494. The molecule has 1 aliphatic heterocycles. The minimum atomic E-state index is -4.75. The SMILES string of the molecule is CC1OC1C1CC(C)C(F)(C(F)(F)F)C1. The molecular weight excluding hydrogens is 212 g/mol. The van der Waals surface area contributed by atoms with Crippen molar-refractivity contribution >= 4 is 0 Å². The first-order valence-electron chi connectivity index (χ1n) is 5.17. The summed E-state index contributed by atoms with van der Waals surface area (Å²) in [6.45, 7) is 3.14. The minimum Gasteiger partial charge on any atom is -0.370 e. The van der Waals surface area contributed by atoms with Gasteiger partial charge in [0.2, 0.25) is 5.67 Å². The first-order chi connectivity index (χ1) is 6.75. The van der Waals surface area contributed by atoms with Gasteiger partial charge in [0.15, 0.2) is 0 Å². The number of halogens is 4. The van der Waals surface area contributed by atoms with Gasteiger partial charge in [0.1, 0.15) is 0 Å². The summed E-state index contributed by atoms with van der Waals surface area (Å²) >= 11 is 0. The van der Waals surface area contributed by atoms with Crippen molar-refractivity contribution in [3.05, 3.63) is 0 Å². The highest BCUT2D eigenvalue weighted by molar-refractivity contribution is 5.04. The van der Waals surface area contributed by atoms with E-state index in [1.54, 1.807) is 6.92 Å². The van der Waals surface area contributed by atoms with E-state index in [1.165, 1.54) is 6.92 Å². The van der Waals surface area contributed by atoms with Crippen molar-refractivity contribution in [2.75, 3.05) is 0 Å². The van der Waals surface area contributed by atoms with E-state index in [9.17, 15) is 17.6 Å². The molecule has 1 nitrogen and oxygen atoms in total. The lowest BCUT2D eigenvalue weighted by Gasteiger charge is -2.27. The Kier molecular flexibility index (Phi) is 2.30. The Labute approximate surface area is 85.8 Å². The predicted molar refractivity (Wildman–Crippen MR) is 46.1 cm³/mol. The van der Waals surface area contributed by atoms with E-state index in [2.05, 4.69) is 0 Å². The van der Waals surface area contributed by atoms with E-state index in [1.807, 2.05) is 0 Å². The monoisotopic (exact) mass is 226 g/mol. The van der Waals surface area contributed by atoms with E-state index in [0.29, 0.717) is 0 Å². The summed E-state index contributed by atoms with van der Waals surface area (Å²) in [6, 6.07) is 0. The van der Waals surface area contributed by atoms with Crippen LogP contribution in [0.5, 0.6) is 0 Å². The summed E-state index contributed by atoms with van der Waals surface area (Å²) in [5.41, 5.74) is -3.01. The van der Waals surface area contributed by atoms with E-state index in [-0.39, 0.29) is 24.5 Å². The van der Waals surface area contributed by atoms with Crippen molar-refractivity contribution in [2.24, 2.45) is 11.8 Å². The lowest BCUT2D eigenvalue weighted by atomic mass is 9.94. The Balaban J connectivity index is 2.10. The third-order valence-electron chi connectivity index (χ3n) is 3.69. The first-order valence-corrected chi connectivity index (χ1v) is 5.17. The number of hydrogen-bond acceptors (Lipinski definition) is 1. The third kappa shape index (κ3) is 1.65. The maximum absolute atomic E-state index is 13.8. The normalized spacial score (nSPS) is 50.8. The molecule has 1 heterocycles. The van der Waals surface area contributed by atoms with Crippen molar-refractivity contribution in [3.63, 3.8) is 0 Å². The van der Waals surface area contributed by atoms with Crippen LogP contribution in [0.2, 0.25) is 0 Å². The van der Waals surface area contributed by atoms with Gasteiger partial charge in [-0.05, 0) is 31.6 Å². The molecule has 2 aliphatic rings. The third-order valence-corrected chi connectivity index (χ3v) is 3.69. The summed E-state index contributed by atoms with van der Waals surface area (Å²) in [7, 11) is 0. The zero-order chi connectivity index (χ0) is 11.4. The van der Waals surface area contributed by atoms with Gasteiger partial charge in [-0.2, -0.15) is 13.2 Å². The Hall–Kier alpha value is -0.320. The zero-order valence-electron chi connectivity index (χ0n) is 8.64. The molecular formula is C10H14F4O. The van der Waals surface area contributed by atoms with Gasteiger partial charge in [0, 0.05) is 0 Å². The van der Waals surface area contributed by atoms with Crippen LogP contribution in [0.3, 0.4) is 0 Å². The molecule has 2 fully saturated rings. The molecule has 5 unspecified atom stereocenters. The Morgan fingerprint density at radius 2 is 1.80 bits per heavy atom. The van der Waals surface area contributed by atoms with Crippen LogP contribution in [0.1, 0.15) is 26.7 Å². The molecule has 0 N–H and O–H groups in total. The largest absolute Gasteiger partial charge is 0.422 e. The van der Waals surface area contributed by atoms with Gasteiger partial charge in [-0.15, -0.1) is 0 Å². The molecule has 5 atom stereocenters. The lowest BCUT2D eigenvalue weighted by Crippen LogP contribution is -2.43. The van der Waals surface area contributed by atoms with E-state index in [4.69, 9.17) is 4.74 Å². The molecule has 0 amide bonds. The average molecular weight is 226 g/mol. The molecule has 2 rings (SSSR count). The molecule has 1 aliphatic carbocycles. The van der Waals surface area contributed by atoms with Crippen molar-refractivity contribution in [1.29, 1.82) is 0 Å². The molecule has 0 aromatic rings. The van der Waals surface area contributed by atoms with Gasteiger partial charge in [-0.3, -0.25) is 0 Å². The molecule has 0 radical (unpaired) electrons. The Morgan fingerprint density at radius 3 is 2.13 bits per heavy atom. The molecule has 0 spiro atoms. The fourth-order valence-corrected chi connectivity index (χ4v) is 2.65. The number of ether oxygens (including phenoxy) is 1. The van der Waals surface area contributed by atoms with Gasteiger partial charge in [0.25, 0.3) is 0 Å². The second-order valence-corrected chi connectivity index (χ2v) is 4.77. The fraction of sp³-hybridized carbons (Fsp3) is 1.00. The molecule has 5 heteroatoms. The van der Waals surface area contributed by atoms with Crippen LogP contribution in [0, 0.1) is 11.8 Å². The van der Waals surface area contributed by atoms with E-state index in [0.717, 1.165) is 0 Å². The standard InChI is InChI=1S/C10H14F4O/c1-5-3-7(8-6(2)15-8)4-9(5,11)10(12,13)14/h5-8H,3-4H2,1-2H3. The molecule has 1 saturated carbocycles. The van der Waals surface area contributed by atoms with Crippen LogP contribution in [0.25, 0.3) is 0 Å². The van der Waals surface area contributed by atoms with Gasteiger partial charge in [0.05, 0.1) is 12.2 Å². The van der Waals surface area contributed by atoms with Gasteiger partial charge >= 0.3 is 6.18 Å².